The van der Waals surface area contributed by atoms with E-state index >= 15 is 0 Å². The lowest BCUT2D eigenvalue weighted by Gasteiger charge is -2.05. The number of rotatable bonds is 4. The van der Waals surface area contributed by atoms with Crippen molar-refractivity contribution < 1.29 is 10.0 Å². The molecule has 4 N–H and O–H groups in total. The Bertz CT molecular complexity index is 637. The van der Waals surface area contributed by atoms with Gasteiger partial charge in [-0.25, -0.2) is 0 Å². The van der Waals surface area contributed by atoms with Crippen LogP contribution in [0.15, 0.2) is 44.7 Å². The van der Waals surface area contributed by atoms with Crippen molar-refractivity contribution in [2.75, 3.05) is 5.32 Å². The summed E-state index contributed by atoms with van der Waals surface area (Å²) in [4.78, 5) is 11.9. The zero-order valence-corrected chi connectivity index (χ0v) is 12.7. The van der Waals surface area contributed by atoms with Gasteiger partial charge in [-0.05, 0) is 39.7 Å². The maximum Gasteiger partial charge on any atom is 0.256 e. The van der Waals surface area contributed by atoms with E-state index in [1.807, 2.05) is 12.1 Å². The first kappa shape index (κ1) is 14.5. The van der Waals surface area contributed by atoms with Crippen LogP contribution in [0.5, 0.6) is 0 Å². The fraction of sp³-hybridized carbons (Fsp3) is 0.0769. The number of carbonyl (C=O) groups excluding carboxylic acids is 1. The lowest BCUT2D eigenvalue weighted by molar-refractivity contribution is 0.102. The number of carbonyl (C=O) groups is 1. The van der Waals surface area contributed by atoms with Crippen LogP contribution in [0, 0.1) is 0 Å². The summed E-state index contributed by atoms with van der Waals surface area (Å²) < 4.78 is 0.914. The molecule has 1 aromatic heterocycles. The van der Waals surface area contributed by atoms with Crippen LogP contribution in [-0.2, 0) is 6.42 Å². The third-order valence-corrected chi connectivity index (χ3v) is 4.06. The fourth-order valence-electron chi connectivity index (χ4n) is 1.58. The van der Waals surface area contributed by atoms with Crippen molar-refractivity contribution in [1.29, 1.82) is 0 Å². The molecule has 5 nitrogen and oxygen atoms in total. The second-order valence-electron chi connectivity index (χ2n) is 4.06. The number of hydrogen-bond donors (Lipinski definition) is 3. The summed E-state index contributed by atoms with van der Waals surface area (Å²) in [5.41, 5.74) is 7.64. The number of nitrogens with one attached hydrogen (secondary N) is 1. The van der Waals surface area contributed by atoms with Crippen molar-refractivity contribution in [2.45, 2.75) is 6.42 Å². The van der Waals surface area contributed by atoms with Crippen LogP contribution in [0.2, 0.25) is 0 Å². The number of anilines is 1. The van der Waals surface area contributed by atoms with E-state index in [9.17, 15) is 4.79 Å². The summed E-state index contributed by atoms with van der Waals surface area (Å²) in [5, 5.41) is 16.0. The van der Waals surface area contributed by atoms with Crippen LogP contribution in [0.25, 0.3) is 0 Å². The monoisotopic (exact) mass is 353 g/mol. The standard InChI is InChI=1S/C13H12BrN3O2S/c14-11-6-9(7-20-11)13(18)16-10-3-1-8(2-4-10)5-12(15)17-19/h1-4,6-7,19H,5H2,(H2,15,17)(H,16,18). The van der Waals surface area contributed by atoms with Gasteiger partial charge in [0, 0.05) is 17.5 Å². The Labute approximate surface area is 128 Å². The van der Waals surface area contributed by atoms with Gasteiger partial charge in [-0.15, -0.1) is 11.3 Å². The van der Waals surface area contributed by atoms with E-state index in [-0.39, 0.29) is 11.7 Å². The molecule has 0 saturated carbocycles. The van der Waals surface area contributed by atoms with Crippen molar-refractivity contribution in [2.24, 2.45) is 10.9 Å². The Morgan fingerprint density at radius 3 is 2.65 bits per heavy atom. The van der Waals surface area contributed by atoms with Crippen LogP contribution in [0.1, 0.15) is 15.9 Å². The van der Waals surface area contributed by atoms with E-state index in [0.29, 0.717) is 17.7 Å². The van der Waals surface area contributed by atoms with Crippen molar-refractivity contribution in [3.63, 3.8) is 0 Å². The summed E-state index contributed by atoms with van der Waals surface area (Å²) in [6.45, 7) is 0. The molecular weight excluding hydrogens is 342 g/mol. The molecule has 1 heterocycles. The van der Waals surface area contributed by atoms with Gasteiger partial charge >= 0.3 is 0 Å². The van der Waals surface area contributed by atoms with E-state index in [1.165, 1.54) is 11.3 Å². The highest BCUT2D eigenvalue weighted by atomic mass is 79.9. The van der Waals surface area contributed by atoms with Crippen LogP contribution < -0.4 is 11.1 Å². The first-order valence-corrected chi connectivity index (χ1v) is 7.36. The predicted octanol–water partition coefficient (Wildman–Crippen LogP) is 3.05. The molecule has 2 rings (SSSR count). The molecule has 0 spiro atoms. The average Bonchev–Trinajstić information content (AvgIpc) is 2.87. The summed E-state index contributed by atoms with van der Waals surface area (Å²) in [5.74, 6) is -0.0129. The Morgan fingerprint density at radius 2 is 2.10 bits per heavy atom. The van der Waals surface area contributed by atoms with Crippen LogP contribution >= 0.6 is 27.3 Å². The topological polar surface area (TPSA) is 87.7 Å². The molecule has 7 heteroatoms. The largest absolute Gasteiger partial charge is 0.409 e. The minimum Gasteiger partial charge on any atom is -0.409 e. The maximum atomic E-state index is 11.9. The van der Waals surface area contributed by atoms with Gasteiger partial charge in [-0.1, -0.05) is 17.3 Å². The lowest BCUT2D eigenvalue weighted by atomic mass is 10.1. The predicted molar refractivity (Wildman–Crippen MR) is 83.5 cm³/mol. The average molecular weight is 354 g/mol. The molecule has 0 saturated heterocycles. The summed E-state index contributed by atoms with van der Waals surface area (Å²) >= 11 is 4.78. The highest BCUT2D eigenvalue weighted by molar-refractivity contribution is 9.11. The molecule has 0 unspecified atom stereocenters. The number of nitrogens with two attached hydrogens (primary N) is 1. The van der Waals surface area contributed by atoms with Crippen molar-refractivity contribution >= 4 is 44.7 Å². The van der Waals surface area contributed by atoms with Gasteiger partial charge in [0.2, 0.25) is 0 Å². The molecule has 0 atom stereocenters. The number of amidine groups is 1. The molecule has 104 valence electrons. The molecular formula is C13H12BrN3O2S. The van der Waals surface area contributed by atoms with E-state index in [4.69, 9.17) is 10.9 Å². The zero-order chi connectivity index (χ0) is 14.5. The lowest BCUT2D eigenvalue weighted by Crippen LogP contribution is -2.15. The summed E-state index contributed by atoms with van der Waals surface area (Å²) in [6.07, 6.45) is 0.363. The quantitative estimate of drug-likeness (QED) is 0.341. The van der Waals surface area contributed by atoms with Crippen molar-refractivity contribution in [3.05, 3.63) is 50.6 Å². The smallest absolute Gasteiger partial charge is 0.256 e. The molecule has 0 fully saturated rings. The van der Waals surface area contributed by atoms with Gasteiger partial charge < -0.3 is 16.3 Å². The van der Waals surface area contributed by atoms with Gasteiger partial charge in [0.1, 0.15) is 5.84 Å². The van der Waals surface area contributed by atoms with Crippen molar-refractivity contribution in [1.82, 2.24) is 0 Å². The number of hydrogen-bond acceptors (Lipinski definition) is 4. The van der Waals surface area contributed by atoms with Crippen LogP contribution in [-0.4, -0.2) is 17.0 Å². The number of thiophene rings is 1. The summed E-state index contributed by atoms with van der Waals surface area (Å²) in [7, 11) is 0. The van der Waals surface area contributed by atoms with E-state index in [2.05, 4.69) is 26.4 Å². The molecule has 20 heavy (non-hydrogen) atoms. The minimum absolute atomic E-state index is 0.143. The number of nitrogens with zero attached hydrogens (tertiary/aromatic N) is 1. The Morgan fingerprint density at radius 1 is 1.40 bits per heavy atom. The molecule has 0 aliphatic heterocycles. The number of oxime groups is 1. The highest BCUT2D eigenvalue weighted by Gasteiger charge is 2.08. The molecule has 0 aliphatic carbocycles. The Kier molecular flexibility index (Phi) is 4.75. The second-order valence-corrected chi connectivity index (χ2v) is 6.35. The third-order valence-electron chi connectivity index (χ3n) is 2.56. The van der Waals surface area contributed by atoms with Gasteiger partial charge in [0.15, 0.2) is 0 Å². The van der Waals surface area contributed by atoms with Gasteiger partial charge in [-0.3, -0.25) is 4.79 Å². The normalized spacial score (nSPS) is 11.3. The van der Waals surface area contributed by atoms with Crippen LogP contribution in [0.4, 0.5) is 5.69 Å². The van der Waals surface area contributed by atoms with E-state index in [1.54, 1.807) is 23.6 Å². The molecule has 1 amide bonds. The van der Waals surface area contributed by atoms with Gasteiger partial charge in [0.05, 0.1) is 9.35 Å². The third kappa shape index (κ3) is 3.82. The molecule has 2 aromatic rings. The number of benzene rings is 1. The minimum atomic E-state index is -0.156. The van der Waals surface area contributed by atoms with Gasteiger partial charge in [0.25, 0.3) is 5.91 Å². The molecule has 0 bridgehead atoms. The maximum absolute atomic E-state index is 11.9. The SMILES string of the molecule is N/C(Cc1ccc(NC(=O)c2csc(Br)c2)cc1)=N/O. The highest BCUT2D eigenvalue weighted by Crippen LogP contribution is 2.21. The molecule has 1 aromatic carbocycles. The molecule has 0 aliphatic rings. The van der Waals surface area contributed by atoms with Crippen LogP contribution in [0.3, 0.4) is 0 Å². The zero-order valence-electron chi connectivity index (χ0n) is 10.3. The van der Waals surface area contributed by atoms with Crippen molar-refractivity contribution in [3.8, 4) is 0 Å². The Hall–Kier alpha value is -1.86. The number of halogens is 1. The molecule has 0 radical (unpaired) electrons. The first-order valence-electron chi connectivity index (χ1n) is 5.69. The number of amides is 1. The first-order chi connectivity index (χ1) is 9.58. The van der Waals surface area contributed by atoms with E-state index < -0.39 is 0 Å². The second kappa shape index (κ2) is 6.53. The Balaban J connectivity index is 2.02. The summed E-state index contributed by atoms with van der Waals surface area (Å²) in [6, 6.07) is 8.96. The van der Waals surface area contributed by atoms with E-state index in [0.717, 1.165) is 9.35 Å². The van der Waals surface area contributed by atoms with Gasteiger partial charge in [-0.2, -0.15) is 0 Å². The fourth-order valence-corrected chi connectivity index (χ4v) is 2.72.